The summed E-state index contributed by atoms with van der Waals surface area (Å²) in [6.45, 7) is 3.82. The van der Waals surface area contributed by atoms with Crippen LogP contribution in [0, 0.1) is 13.8 Å². The van der Waals surface area contributed by atoms with Gasteiger partial charge in [-0.1, -0.05) is 29.8 Å². The second-order valence-electron chi connectivity index (χ2n) is 5.92. The van der Waals surface area contributed by atoms with E-state index in [0.29, 0.717) is 12.2 Å². The molecule has 0 fully saturated rings. The Bertz CT molecular complexity index is 949. The third-order valence-electron chi connectivity index (χ3n) is 3.56. The van der Waals surface area contributed by atoms with E-state index in [1.54, 1.807) is 13.0 Å². The topological polar surface area (TPSA) is 97.3 Å². The van der Waals surface area contributed by atoms with Crippen LogP contribution in [-0.4, -0.2) is 25.1 Å². The van der Waals surface area contributed by atoms with Crippen molar-refractivity contribution < 1.29 is 13.2 Å². The Morgan fingerprint density at radius 1 is 1.16 bits per heavy atom. The van der Waals surface area contributed by atoms with Gasteiger partial charge in [0.05, 0.1) is 6.26 Å². The number of carbonyl (C=O) groups excluding carboxylic acids is 1. The summed E-state index contributed by atoms with van der Waals surface area (Å²) in [5.41, 5.74) is 1.98. The van der Waals surface area contributed by atoms with Crippen molar-refractivity contribution in [1.29, 1.82) is 0 Å². The fourth-order valence-electron chi connectivity index (χ4n) is 2.37. The Labute approximate surface area is 146 Å². The fourth-order valence-corrected chi connectivity index (χ4v) is 2.92. The largest absolute Gasteiger partial charge is 0.350 e. The van der Waals surface area contributed by atoms with Crippen LogP contribution >= 0.6 is 0 Å². The fraction of sp³-hybridized carbons (Fsp3) is 0.294. The molecule has 0 aliphatic carbocycles. The van der Waals surface area contributed by atoms with E-state index < -0.39 is 15.6 Å². The molecule has 2 aromatic rings. The van der Waals surface area contributed by atoms with Crippen molar-refractivity contribution in [1.82, 2.24) is 9.88 Å². The summed E-state index contributed by atoms with van der Waals surface area (Å²) in [5, 5.41) is 2.76. The number of pyridine rings is 1. The first-order valence-electron chi connectivity index (χ1n) is 7.66. The standard InChI is InChI=1S/C17H21N3O4S/c1-12-5-4-6-14(9-12)10-18-16(21)11-20-13(2)7-8-15(17(20)22)19-25(3,23)24/h4-9,19H,10-11H2,1-3H3,(H,18,21). The number of benzene rings is 1. The summed E-state index contributed by atoms with van der Waals surface area (Å²) in [6.07, 6.45) is 0.963. The molecule has 0 bridgehead atoms. The van der Waals surface area contributed by atoms with Crippen molar-refractivity contribution in [2.24, 2.45) is 0 Å². The van der Waals surface area contributed by atoms with Gasteiger partial charge in [-0.15, -0.1) is 0 Å². The number of anilines is 1. The number of rotatable bonds is 6. The highest BCUT2D eigenvalue weighted by atomic mass is 32.2. The predicted octanol–water partition coefficient (Wildman–Crippen LogP) is 1.15. The minimum absolute atomic E-state index is 0.0837. The van der Waals surface area contributed by atoms with Gasteiger partial charge in [0.1, 0.15) is 12.2 Å². The normalized spacial score (nSPS) is 11.2. The summed E-state index contributed by atoms with van der Waals surface area (Å²) in [5.74, 6) is -0.330. The summed E-state index contributed by atoms with van der Waals surface area (Å²) in [7, 11) is -3.57. The van der Waals surface area contributed by atoms with Crippen LogP contribution in [0.25, 0.3) is 0 Å². The maximum absolute atomic E-state index is 12.4. The molecule has 25 heavy (non-hydrogen) atoms. The van der Waals surface area contributed by atoms with E-state index in [0.717, 1.165) is 17.4 Å². The van der Waals surface area contributed by atoms with E-state index in [4.69, 9.17) is 0 Å². The van der Waals surface area contributed by atoms with Gasteiger partial charge in [-0.2, -0.15) is 0 Å². The lowest BCUT2D eigenvalue weighted by Crippen LogP contribution is -2.34. The van der Waals surface area contributed by atoms with Gasteiger partial charge in [-0.3, -0.25) is 14.3 Å². The van der Waals surface area contributed by atoms with Crippen LogP contribution in [0.5, 0.6) is 0 Å². The Morgan fingerprint density at radius 3 is 2.52 bits per heavy atom. The number of aryl methyl sites for hydroxylation is 2. The van der Waals surface area contributed by atoms with Crippen molar-refractivity contribution >= 4 is 21.6 Å². The maximum atomic E-state index is 12.4. The van der Waals surface area contributed by atoms with Crippen LogP contribution in [0.3, 0.4) is 0 Å². The SMILES string of the molecule is Cc1cccc(CNC(=O)Cn2c(C)ccc(NS(C)(=O)=O)c2=O)c1. The van der Waals surface area contributed by atoms with Crippen molar-refractivity contribution in [3.05, 3.63) is 63.6 Å². The van der Waals surface area contributed by atoms with Gasteiger partial charge in [0.15, 0.2) is 0 Å². The van der Waals surface area contributed by atoms with Crippen LogP contribution < -0.4 is 15.6 Å². The molecular weight excluding hydrogens is 342 g/mol. The molecular formula is C17H21N3O4S. The van der Waals surface area contributed by atoms with Crippen molar-refractivity contribution in [3.63, 3.8) is 0 Å². The average Bonchev–Trinajstić information content (AvgIpc) is 2.51. The van der Waals surface area contributed by atoms with Gasteiger partial charge >= 0.3 is 0 Å². The monoisotopic (exact) mass is 363 g/mol. The zero-order valence-electron chi connectivity index (χ0n) is 14.4. The zero-order chi connectivity index (χ0) is 18.6. The van der Waals surface area contributed by atoms with E-state index >= 15 is 0 Å². The van der Waals surface area contributed by atoms with Crippen molar-refractivity contribution in [2.45, 2.75) is 26.9 Å². The summed E-state index contributed by atoms with van der Waals surface area (Å²) in [6, 6.07) is 10.7. The highest BCUT2D eigenvalue weighted by Crippen LogP contribution is 2.06. The molecule has 0 atom stereocenters. The first-order valence-corrected chi connectivity index (χ1v) is 9.55. The molecule has 0 aliphatic heterocycles. The lowest BCUT2D eigenvalue weighted by molar-refractivity contribution is -0.121. The lowest BCUT2D eigenvalue weighted by atomic mass is 10.1. The summed E-state index contributed by atoms with van der Waals surface area (Å²) in [4.78, 5) is 24.5. The molecule has 0 unspecified atom stereocenters. The molecule has 0 spiro atoms. The van der Waals surface area contributed by atoms with Gasteiger partial charge in [-0.05, 0) is 31.5 Å². The first kappa shape index (κ1) is 18.7. The first-order chi connectivity index (χ1) is 11.7. The molecule has 0 saturated carbocycles. The molecule has 0 radical (unpaired) electrons. The maximum Gasteiger partial charge on any atom is 0.275 e. The van der Waals surface area contributed by atoms with Gasteiger partial charge in [-0.25, -0.2) is 8.42 Å². The number of carbonyl (C=O) groups is 1. The highest BCUT2D eigenvalue weighted by molar-refractivity contribution is 7.92. The van der Waals surface area contributed by atoms with Gasteiger partial charge < -0.3 is 9.88 Å². The Kier molecular flexibility index (Phi) is 5.63. The van der Waals surface area contributed by atoms with Crippen molar-refractivity contribution in [3.8, 4) is 0 Å². The van der Waals surface area contributed by atoms with E-state index in [9.17, 15) is 18.0 Å². The molecule has 2 rings (SSSR count). The third-order valence-corrected chi connectivity index (χ3v) is 4.15. The second-order valence-corrected chi connectivity index (χ2v) is 7.67. The molecule has 8 heteroatoms. The average molecular weight is 363 g/mol. The highest BCUT2D eigenvalue weighted by Gasteiger charge is 2.12. The number of aromatic nitrogens is 1. The predicted molar refractivity (Wildman–Crippen MR) is 96.9 cm³/mol. The quantitative estimate of drug-likeness (QED) is 0.805. The molecule has 1 aromatic carbocycles. The summed E-state index contributed by atoms with van der Waals surface area (Å²) >= 11 is 0. The Balaban J connectivity index is 2.12. The number of amides is 1. The van der Waals surface area contributed by atoms with E-state index in [1.165, 1.54) is 10.6 Å². The van der Waals surface area contributed by atoms with Crippen molar-refractivity contribution in [2.75, 3.05) is 11.0 Å². The van der Waals surface area contributed by atoms with Gasteiger partial charge in [0.25, 0.3) is 5.56 Å². The van der Waals surface area contributed by atoms with Gasteiger partial charge in [0.2, 0.25) is 15.9 Å². The van der Waals surface area contributed by atoms with E-state index in [-0.39, 0.29) is 18.1 Å². The molecule has 1 heterocycles. The number of hydrogen-bond acceptors (Lipinski definition) is 4. The number of sulfonamides is 1. The molecule has 0 aliphatic rings. The number of nitrogens with zero attached hydrogens (tertiary/aromatic N) is 1. The number of hydrogen-bond donors (Lipinski definition) is 2. The number of nitrogens with one attached hydrogen (secondary N) is 2. The molecule has 1 amide bonds. The minimum atomic E-state index is -3.57. The van der Waals surface area contributed by atoms with Gasteiger partial charge in [0, 0.05) is 12.2 Å². The lowest BCUT2D eigenvalue weighted by Gasteiger charge is -2.13. The third kappa shape index (κ3) is 5.46. The molecule has 0 saturated heterocycles. The van der Waals surface area contributed by atoms with Crippen LogP contribution in [0.4, 0.5) is 5.69 Å². The smallest absolute Gasteiger partial charge is 0.275 e. The van der Waals surface area contributed by atoms with E-state index in [2.05, 4.69) is 10.0 Å². The summed E-state index contributed by atoms with van der Waals surface area (Å²) < 4.78 is 26.0. The zero-order valence-corrected chi connectivity index (χ0v) is 15.2. The molecule has 7 nitrogen and oxygen atoms in total. The van der Waals surface area contributed by atoms with Crippen LogP contribution in [-0.2, 0) is 27.9 Å². The van der Waals surface area contributed by atoms with E-state index in [1.807, 2.05) is 31.2 Å². The molecule has 134 valence electrons. The minimum Gasteiger partial charge on any atom is -0.350 e. The second kappa shape index (κ2) is 7.52. The van der Waals surface area contributed by atoms with Crippen LogP contribution in [0.15, 0.2) is 41.2 Å². The Hall–Kier alpha value is -2.61. The van der Waals surface area contributed by atoms with Crippen LogP contribution in [0.1, 0.15) is 16.8 Å². The van der Waals surface area contributed by atoms with Crippen LogP contribution in [0.2, 0.25) is 0 Å². The molecule has 1 aromatic heterocycles. The Morgan fingerprint density at radius 2 is 1.88 bits per heavy atom. The molecule has 2 N–H and O–H groups in total.